The first-order valence-electron chi connectivity index (χ1n) is 6.29. The lowest BCUT2D eigenvalue weighted by molar-refractivity contribution is 0.0752. The van der Waals surface area contributed by atoms with Gasteiger partial charge in [-0.15, -0.1) is 0 Å². The fraction of sp³-hybridized carbons (Fsp3) is 0.214. The van der Waals surface area contributed by atoms with Crippen molar-refractivity contribution in [1.82, 2.24) is 15.3 Å². The van der Waals surface area contributed by atoms with Crippen molar-refractivity contribution in [2.24, 2.45) is 0 Å². The van der Waals surface area contributed by atoms with E-state index in [1.807, 2.05) is 18.2 Å². The summed E-state index contributed by atoms with van der Waals surface area (Å²) in [5.74, 6) is 1.33. The van der Waals surface area contributed by atoms with Crippen LogP contribution in [0.5, 0.6) is 5.75 Å². The van der Waals surface area contributed by atoms with Crippen molar-refractivity contribution in [3.63, 3.8) is 0 Å². The van der Waals surface area contributed by atoms with Crippen LogP contribution < -0.4 is 10.1 Å². The molecule has 0 radical (unpaired) electrons. The zero-order valence-electron chi connectivity index (χ0n) is 10.7. The molecule has 0 saturated heterocycles. The highest BCUT2D eigenvalue weighted by Crippen LogP contribution is 2.24. The molecule has 6 heteroatoms. The average Bonchev–Trinajstić information content (AvgIpc) is 2.48. The highest BCUT2D eigenvalue weighted by atomic mass is 32.2. The Kier molecular flexibility index (Phi) is 3.83. The van der Waals surface area contributed by atoms with Gasteiger partial charge in [0.2, 0.25) is 0 Å². The van der Waals surface area contributed by atoms with Gasteiger partial charge in [0.15, 0.2) is 11.4 Å². The quantitative estimate of drug-likeness (QED) is 0.689. The number of aromatic nitrogens is 2. The monoisotopic (exact) mass is 287 g/mol. The van der Waals surface area contributed by atoms with Gasteiger partial charge in [0.05, 0.1) is 5.56 Å². The number of hydrogen-bond acceptors (Lipinski definition) is 5. The van der Waals surface area contributed by atoms with Crippen LogP contribution in [0.15, 0.2) is 47.9 Å². The fourth-order valence-corrected chi connectivity index (χ4v) is 2.70. The molecule has 2 heterocycles. The predicted octanol–water partition coefficient (Wildman–Crippen LogP) is 2.11. The van der Waals surface area contributed by atoms with E-state index >= 15 is 0 Å². The number of thioether (sulfide) groups is 1. The molecular weight excluding hydrogens is 274 g/mol. The summed E-state index contributed by atoms with van der Waals surface area (Å²) in [7, 11) is 0. The minimum absolute atomic E-state index is 0.0854. The van der Waals surface area contributed by atoms with Crippen LogP contribution >= 0.6 is 11.8 Å². The average molecular weight is 287 g/mol. The summed E-state index contributed by atoms with van der Waals surface area (Å²) in [4.78, 5) is 20.2. The molecule has 0 saturated carbocycles. The lowest BCUT2D eigenvalue weighted by Crippen LogP contribution is -2.43. The summed E-state index contributed by atoms with van der Waals surface area (Å²) < 4.78 is 5.75. The molecule has 2 aromatic rings. The van der Waals surface area contributed by atoms with Gasteiger partial charge in [-0.3, -0.25) is 4.79 Å². The van der Waals surface area contributed by atoms with E-state index in [0.29, 0.717) is 17.7 Å². The molecule has 1 aliphatic rings. The number of carbonyl (C=O) groups excluding carboxylic acids is 1. The third kappa shape index (κ3) is 2.91. The molecule has 1 amide bonds. The van der Waals surface area contributed by atoms with Gasteiger partial charge in [0.1, 0.15) is 5.75 Å². The van der Waals surface area contributed by atoms with Crippen LogP contribution in [0.25, 0.3) is 0 Å². The van der Waals surface area contributed by atoms with Crippen molar-refractivity contribution < 1.29 is 9.53 Å². The molecule has 1 aliphatic heterocycles. The minimum Gasteiger partial charge on any atom is -0.470 e. The number of benzene rings is 1. The van der Waals surface area contributed by atoms with Crippen LogP contribution in [0, 0.1) is 0 Å². The summed E-state index contributed by atoms with van der Waals surface area (Å²) in [6, 6.07) is 9.04. The van der Waals surface area contributed by atoms with Gasteiger partial charge in [0.25, 0.3) is 5.91 Å². The minimum atomic E-state index is -0.298. The maximum atomic E-state index is 11.9. The van der Waals surface area contributed by atoms with E-state index in [0.717, 1.165) is 10.9 Å². The van der Waals surface area contributed by atoms with Gasteiger partial charge in [-0.1, -0.05) is 23.9 Å². The number of nitrogens with one attached hydrogen (secondary N) is 1. The maximum Gasteiger partial charge on any atom is 0.257 e. The molecule has 1 unspecified atom stereocenters. The summed E-state index contributed by atoms with van der Waals surface area (Å²) >= 11 is 1.54. The summed E-state index contributed by atoms with van der Waals surface area (Å²) in [6.07, 6.45) is 3.83. The summed E-state index contributed by atoms with van der Waals surface area (Å²) in [6.45, 7) is 0. The molecule has 1 N–H and O–H groups in total. The Bertz CT molecular complexity index is 606. The maximum absolute atomic E-state index is 11.9. The largest absolute Gasteiger partial charge is 0.470 e. The van der Waals surface area contributed by atoms with Crippen LogP contribution in [-0.2, 0) is 0 Å². The Hall–Kier alpha value is -2.08. The van der Waals surface area contributed by atoms with Crippen LogP contribution in [0.1, 0.15) is 16.8 Å². The molecule has 0 aliphatic carbocycles. The first kappa shape index (κ1) is 12.9. The van der Waals surface area contributed by atoms with E-state index in [2.05, 4.69) is 15.3 Å². The van der Waals surface area contributed by atoms with E-state index < -0.39 is 0 Å². The molecule has 20 heavy (non-hydrogen) atoms. The smallest absolute Gasteiger partial charge is 0.257 e. The van der Waals surface area contributed by atoms with E-state index in [1.54, 1.807) is 36.3 Å². The van der Waals surface area contributed by atoms with Crippen LogP contribution in [0.2, 0.25) is 0 Å². The Morgan fingerprint density at radius 2 is 2.00 bits per heavy atom. The number of amides is 1. The van der Waals surface area contributed by atoms with Crippen molar-refractivity contribution in [2.75, 3.05) is 5.75 Å². The number of carbonyl (C=O) groups is 1. The lowest BCUT2D eigenvalue weighted by Gasteiger charge is -2.26. The third-order valence-corrected chi connectivity index (χ3v) is 3.76. The van der Waals surface area contributed by atoms with Gasteiger partial charge in [0, 0.05) is 24.6 Å². The molecule has 0 fully saturated rings. The van der Waals surface area contributed by atoms with Crippen molar-refractivity contribution in [3.8, 4) is 5.75 Å². The third-order valence-electron chi connectivity index (χ3n) is 2.85. The molecule has 0 bridgehead atoms. The van der Waals surface area contributed by atoms with E-state index in [9.17, 15) is 4.79 Å². The molecule has 1 aromatic carbocycles. The van der Waals surface area contributed by atoms with Gasteiger partial charge in [-0.2, -0.15) is 0 Å². The van der Waals surface area contributed by atoms with Gasteiger partial charge < -0.3 is 10.1 Å². The predicted molar refractivity (Wildman–Crippen MR) is 75.7 cm³/mol. The fourth-order valence-electron chi connectivity index (χ4n) is 1.91. The first-order chi connectivity index (χ1) is 9.83. The van der Waals surface area contributed by atoms with E-state index in [4.69, 9.17) is 4.74 Å². The molecule has 1 aromatic heterocycles. The normalized spacial score (nSPS) is 17.0. The van der Waals surface area contributed by atoms with Crippen LogP contribution in [0.4, 0.5) is 0 Å². The van der Waals surface area contributed by atoms with E-state index in [1.165, 1.54) is 0 Å². The topological polar surface area (TPSA) is 64.1 Å². The highest BCUT2D eigenvalue weighted by Gasteiger charge is 2.24. The Morgan fingerprint density at radius 1 is 1.20 bits per heavy atom. The lowest BCUT2D eigenvalue weighted by atomic mass is 10.1. The number of para-hydroxylation sites is 1. The zero-order valence-corrected chi connectivity index (χ0v) is 11.5. The molecule has 102 valence electrons. The number of fused-ring (bicyclic) bond motifs is 1. The van der Waals surface area contributed by atoms with Crippen LogP contribution in [-0.4, -0.2) is 27.9 Å². The zero-order chi connectivity index (χ0) is 13.8. The molecule has 3 rings (SSSR count). The van der Waals surface area contributed by atoms with Gasteiger partial charge in [-0.25, -0.2) is 9.97 Å². The Labute approximate surface area is 120 Å². The number of nitrogens with zero attached hydrogens (tertiary/aromatic N) is 2. The van der Waals surface area contributed by atoms with Crippen molar-refractivity contribution in [1.29, 1.82) is 0 Å². The van der Waals surface area contributed by atoms with Crippen molar-refractivity contribution in [3.05, 3.63) is 48.3 Å². The number of hydrogen-bond donors (Lipinski definition) is 1. The molecule has 0 spiro atoms. The second-order valence-corrected chi connectivity index (χ2v) is 5.31. The standard InChI is InChI=1S/C14H13N3O2S/c18-13-10-4-1-2-5-11(10)19-12(17-13)6-9-20-14-15-7-3-8-16-14/h1-5,7-8,12H,6,9H2,(H,17,18). The van der Waals surface area contributed by atoms with Gasteiger partial charge >= 0.3 is 0 Å². The highest BCUT2D eigenvalue weighted by molar-refractivity contribution is 7.99. The summed E-state index contributed by atoms with van der Waals surface area (Å²) in [5, 5.41) is 3.58. The van der Waals surface area contributed by atoms with Gasteiger partial charge in [-0.05, 0) is 18.2 Å². The summed E-state index contributed by atoms with van der Waals surface area (Å²) in [5.41, 5.74) is 0.586. The van der Waals surface area contributed by atoms with Crippen LogP contribution in [0.3, 0.4) is 0 Å². The number of rotatable bonds is 4. The second-order valence-electron chi connectivity index (χ2n) is 4.24. The molecule has 1 atom stereocenters. The van der Waals surface area contributed by atoms with Crippen molar-refractivity contribution >= 4 is 17.7 Å². The molecule has 5 nitrogen and oxygen atoms in total. The van der Waals surface area contributed by atoms with Crippen molar-refractivity contribution in [2.45, 2.75) is 17.8 Å². The van der Waals surface area contributed by atoms with E-state index in [-0.39, 0.29) is 12.1 Å². The SMILES string of the molecule is O=C1NC(CCSc2ncccn2)Oc2ccccc21. The second kappa shape index (κ2) is 5.92. The molecular formula is C14H13N3O2S. The first-order valence-corrected chi connectivity index (χ1v) is 7.28. The number of ether oxygens (including phenoxy) is 1. The Morgan fingerprint density at radius 3 is 2.85 bits per heavy atom. The Balaban J connectivity index is 1.57.